The smallest absolute Gasteiger partial charge is 0.164 e. The molecule has 3 aromatic heterocycles. The molecule has 0 saturated carbocycles. The first-order chi connectivity index (χ1) is 28.9. The van der Waals surface area contributed by atoms with Crippen LogP contribution in [0, 0.1) is 0 Å². The average Bonchev–Trinajstić information content (AvgIpc) is 3.85. The molecule has 3 nitrogen and oxygen atoms in total. The summed E-state index contributed by atoms with van der Waals surface area (Å²) in [6, 6.07) is 28.9. The van der Waals surface area contributed by atoms with Crippen molar-refractivity contribution in [3.63, 3.8) is 0 Å². The van der Waals surface area contributed by atoms with E-state index in [1.54, 1.807) is 22.7 Å². The Kier molecular flexibility index (Phi) is 4.85. The van der Waals surface area contributed by atoms with Crippen LogP contribution < -0.4 is 0 Å². The van der Waals surface area contributed by atoms with E-state index in [1.165, 1.54) is 0 Å². The second-order valence-electron chi connectivity index (χ2n) is 11.7. The highest BCUT2D eigenvalue weighted by molar-refractivity contribution is 7.26. The predicted molar refractivity (Wildman–Crippen MR) is 213 cm³/mol. The summed E-state index contributed by atoms with van der Waals surface area (Å²) in [4.78, 5) is 14.1. The van der Waals surface area contributed by atoms with E-state index >= 15 is 0 Å². The quantitative estimate of drug-likeness (QED) is 0.181. The number of hydrogen-bond donors (Lipinski definition) is 0. The Morgan fingerprint density at radius 1 is 0.380 bits per heavy atom. The lowest BCUT2D eigenvalue weighted by molar-refractivity contribution is 1.07. The van der Waals surface area contributed by atoms with Gasteiger partial charge in [0.2, 0.25) is 0 Å². The molecule has 10 rings (SSSR count). The molecule has 0 spiro atoms. The monoisotopic (exact) mass is 683 g/mol. The molecular formula is C45H27N3S2. The van der Waals surface area contributed by atoms with Crippen LogP contribution in [0.1, 0.15) is 13.7 Å². The molecule has 5 heteroatoms. The number of aromatic nitrogens is 3. The summed E-state index contributed by atoms with van der Waals surface area (Å²) in [5.74, 6) is -0.628. The maximum absolute atomic E-state index is 8.81. The Hall–Kier alpha value is -6.01. The van der Waals surface area contributed by atoms with Crippen LogP contribution in [-0.2, 0) is 0 Å². The summed E-state index contributed by atoms with van der Waals surface area (Å²) >= 11 is 3.36. The summed E-state index contributed by atoms with van der Waals surface area (Å²) < 4.78 is 89.8. The highest BCUT2D eigenvalue weighted by Gasteiger charge is 2.18. The fraction of sp³-hybridized carbons (Fsp3) is 0. The first-order valence-corrected chi connectivity index (χ1v) is 17.4. The zero-order valence-electron chi connectivity index (χ0n) is 36.0. The minimum atomic E-state index is -0.602. The van der Waals surface area contributed by atoms with Gasteiger partial charge < -0.3 is 0 Å². The second kappa shape index (κ2) is 11.8. The van der Waals surface area contributed by atoms with Gasteiger partial charge in [0, 0.05) is 57.0 Å². The molecule has 0 aliphatic heterocycles. The van der Waals surface area contributed by atoms with E-state index in [2.05, 4.69) is 59.6 Å². The normalized spacial score (nSPS) is 14.4. The van der Waals surface area contributed by atoms with E-state index in [0.717, 1.165) is 62.6 Å². The standard InChI is InChI=1S/C45H27N3S2/c1-3-13-28(14-4-1)43-46-44(29-15-5-2-6-16-29)48-45(47-43)32-26-30(33-19-11-21-37-35-17-7-9-23-39(35)49-41(33)37)25-31(27-32)34-20-12-22-38-36-18-8-10-24-40(36)50-42(34)38/h1-27H/i1D,2D,3D,4D,5D,6D,13D,14D,15D,16D. The van der Waals surface area contributed by atoms with Crippen molar-refractivity contribution in [1.82, 2.24) is 15.0 Å². The highest BCUT2D eigenvalue weighted by Crippen LogP contribution is 2.44. The van der Waals surface area contributed by atoms with Gasteiger partial charge in [-0.15, -0.1) is 22.7 Å². The first-order valence-electron chi connectivity index (χ1n) is 20.8. The molecule has 7 aromatic carbocycles. The van der Waals surface area contributed by atoms with Gasteiger partial charge in [0.25, 0.3) is 0 Å². The minimum Gasteiger partial charge on any atom is -0.208 e. The Labute approximate surface area is 310 Å². The molecule has 0 atom stereocenters. The van der Waals surface area contributed by atoms with Gasteiger partial charge >= 0.3 is 0 Å². The molecule has 0 bridgehead atoms. The van der Waals surface area contributed by atoms with Gasteiger partial charge in [-0.05, 0) is 52.6 Å². The lowest BCUT2D eigenvalue weighted by Crippen LogP contribution is -2.00. The summed E-state index contributed by atoms with van der Waals surface area (Å²) in [5.41, 5.74) is 3.37. The Balaban J connectivity index is 1.31. The van der Waals surface area contributed by atoms with E-state index in [-0.39, 0.29) is 28.6 Å². The van der Waals surface area contributed by atoms with Crippen molar-refractivity contribution < 1.29 is 13.7 Å². The van der Waals surface area contributed by atoms with E-state index in [9.17, 15) is 0 Å². The summed E-state index contributed by atoms with van der Waals surface area (Å²) in [6.07, 6.45) is 0. The third kappa shape index (κ3) is 4.90. The molecule has 50 heavy (non-hydrogen) atoms. The van der Waals surface area contributed by atoms with Crippen LogP contribution in [-0.4, -0.2) is 15.0 Å². The van der Waals surface area contributed by atoms with Crippen molar-refractivity contribution in [3.05, 3.63) is 164 Å². The fourth-order valence-electron chi connectivity index (χ4n) is 6.47. The highest BCUT2D eigenvalue weighted by atomic mass is 32.1. The van der Waals surface area contributed by atoms with E-state index in [1.807, 2.05) is 48.5 Å². The average molecular weight is 684 g/mol. The molecule has 0 radical (unpaired) electrons. The first kappa shape index (κ1) is 20.5. The topological polar surface area (TPSA) is 38.7 Å². The number of thiophene rings is 2. The van der Waals surface area contributed by atoms with Crippen molar-refractivity contribution in [2.75, 3.05) is 0 Å². The van der Waals surface area contributed by atoms with Crippen LogP contribution >= 0.6 is 22.7 Å². The van der Waals surface area contributed by atoms with Crippen LogP contribution in [0.25, 0.3) is 96.8 Å². The number of rotatable bonds is 5. The molecular weight excluding hydrogens is 647 g/mol. The number of benzene rings is 7. The molecule has 0 saturated heterocycles. The van der Waals surface area contributed by atoms with Crippen molar-refractivity contribution in [2.45, 2.75) is 0 Å². The molecule has 0 amide bonds. The van der Waals surface area contributed by atoms with Crippen molar-refractivity contribution in [3.8, 4) is 56.4 Å². The van der Waals surface area contributed by atoms with Gasteiger partial charge in [0.1, 0.15) is 0 Å². The molecule has 0 fully saturated rings. The summed E-state index contributed by atoms with van der Waals surface area (Å²) in [5, 5.41) is 4.46. The number of nitrogens with zero attached hydrogens (tertiary/aromatic N) is 3. The molecule has 234 valence electrons. The van der Waals surface area contributed by atoms with Crippen LogP contribution in [0.3, 0.4) is 0 Å². The van der Waals surface area contributed by atoms with E-state index in [0.29, 0.717) is 5.56 Å². The predicted octanol–water partition coefficient (Wildman–Crippen LogP) is 12.9. The van der Waals surface area contributed by atoms with Gasteiger partial charge in [0.15, 0.2) is 17.5 Å². The molecule has 0 aliphatic carbocycles. The van der Waals surface area contributed by atoms with Gasteiger partial charge in [-0.3, -0.25) is 0 Å². The maximum atomic E-state index is 8.81. The Morgan fingerprint density at radius 3 is 1.26 bits per heavy atom. The van der Waals surface area contributed by atoms with Crippen LogP contribution in [0.4, 0.5) is 0 Å². The van der Waals surface area contributed by atoms with E-state index < -0.39 is 60.4 Å². The van der Waals surface area contributed by atoms with Crippen molar-refractivity contribution in [1.29, 1.82) is 0 Å². The summed E-state index contributed by atoms with van der Waals surface area (Å²) in [6.45, 7) is 0. The zero-order chi connectivity index (χ0) is 41.7. The second-order valence-corrected chi connectivity index (χ2v) is 13.8. The largest absolute Gasteiger partial charge is 0.208 e. The minimum absolute atomic E-state index is 0.00348. The third-order valence-corrected chi connectivity index (χ3v) is 11.1. The molecule has 0 aliphatic rings. The number of fused-ring (bicyclic) bond motifs is 6. The van der Waals surface area contributed by atoms with Gasteiger partial charge in [-0.2, -0.15) is 0 Å². The fourth-order valence-corrected chi connectivity index (χ4v) is 8.95. The van der Waals surface area contributed by atoms with Gasteiger partial charge in [-0.1, -0.05) is 133 Å². The lowest BCUT2D eigenvalue weighted by Gasteiger charge is -2.13. The van der Waals surface area contributed by atoms with E-state index in [4.69, 9.17) is 23.7 Å². The molecule has 0 N–H and O–H groups in total. The lowest BCUT2D eigenvalue weighted by atomic mass is 9.94. The summed E-state index contributed by atoms with van der Waals surface area (Å²) in [7, 11) is 0. The molecule has 0 unspecified atom stereocenters. The molecule has 3 heterocycles. The van der Waals surface area contributed by atoms with Gasteiger partial charge in [-0.25, -0.2) is 15.0 Å². The third-order valence-electron chi connectivity index (χ3n) is 8.70. The van der Waals surface area contributed by atoms with Crippen molar-refractivity contribution in [2.24, 2.45) is 0 Å². The Morgan fingerprint density at radius 2 is 0.780 bits per heavy atom. The SMILES string of the molecule is [2H]c1c([2H])c([2H])c(-c2nc(-c3cc(-c4cccc5c4sc4ccccc45)cc(-c4cccc5c4sc4ccccc45)c3)nc(-c3c([2H])c([2H])c([2H])c([2H])c3[2H])n2)c([2H])c1[2H]. The van der Waals surface area contributed by atoms with Crippen molar-refractivity contribution >= 4 is 63.0 Å². The molecule has 10 aromatic rings. The van der Waals surface area contributed by atoms with Gasteiger partial charge in [0.05, 0.1) is 13.7 Å². The van der Waals surface area contributed by atoms with Crippen LogP contribution in [0.2, 0.25) is 0 Å². The Bertz CT molecular complexity index is 3190. The van der Waals surface area contributed by atoms with Crippen LogP contribution in [0.5, 0.6) is 0 Å². The number of hydrogen-bond acceptors (Lipinski definition) is 5. The zero-order valence-corrected chi connectivity index (χ0v) is 27.6. The maximum Gasteiger partial charge on any atom is 0.164 e. The van der Waals surface area contributed by atoms with Crippen LogP contribution in [0.15, 0.2) is 164 Å².